The largest absolute Gasteiger partial charge is 0 e. The Bertz CT molecular complexity index is 871. The van der Waals surface area contributed by atoms with Crippen LogP contribution < -0.4 is 30.3 Å². The minimum atomic E-state index is -0.986. The molecule has 0 spiro atoms. The summed E-state index contributed by atoms with van der Waals surface area (Å²) in [6, 6.07) is 9.62. The van der Waals surface area contributed by atoms with Gasteiger partial charge in [-0.2, -0.15) is 0 Å². The zero-order chi connectivity index (χ0) is 14.9. The summed E-state index contributed by atoms with van der Waals surface area (Å²) in [6.07, 6.45) is 3.04. The van der Waals surface area contributed by atoms with Gasteiger partial charge in [-0.1, -0.05) is 0 Å². The normalized spacial score (nSPS) is 13.0. The summed E-state index contributed by atoms with van der Waals surface area (Å²) in [6.45, 7) is 0. The maximum Gasteiger partial charge on any atom is 0 e. The molecule has 0 fully saturated rings. The fourth-order valence-electron chi connectivity index (χ4n) is 1.89. The number of carbonyl (C=O) groups is 1. The first-order valence-electron chi connectivity index (χ1n) is 6.18. The fourth-order valence-corrected chi connectivity index (χ4v) is 3.38. The van der Waals surface area contributed by atoms with Crippen LogP contribution in [0.1, 0.15) is 10.4 Å². The average molecular weight is 668 g/mol. The number of nitrogens with one attached hydrogen (secondary N) is 1. The van der Waals surface area contributed by atoms with Crippen molar-refractivity contribution in [2.24, 2.45) is 0 Å². The molecule has 2 bridgehead atoms. The third kappa shape index (κ3) is 2.52. The number of amides is 1. The van der Waals surface area contributed by atoms with Crippen LogP contribution in [0.3, 0.4) is 0 Å². The number of hydrogen-bond donors (Lipinski definition) is 1. The third-order valence-electron chi connectivity index (χ3n) is 2.87. The van der Waals surface area contributed by atoms with Gasteiger partial charge in [0.1, 0.15) is 0 Å². The Labute approximate surface area is 135 Å². The number of pyridine rings is 2. The Morgan fingerprint density at radius 1 is 1.35 bits per heavy atom. The molecule has 1 aliphatic rings. The van der Waals surface area contributed by atoms with E-state index in [-0.39, 0.29) is 11.8 Å². The Morgan fingerprint density at radius 3 is 3.17 bits per heavy atom. The van der Waals surface area contributed by atoms with Crippen molar-refractivity contribution >= 4 is 11.7 Å². The first-order valence-corrected chi connectivity index (χ1v) is 8.03. The van der Waals surface area contributed by atoms with Crippen LogP contribution in [0.5, 0.6) is 5.88 Å². The molecule has 1 radical (unpaired) electrons. The molecule has 23 heavy (non-hydrogen) atoms. The van der Waals surface area contributed by atoms with Crippen LogP contribution in [-0.2, 0) is 0 Å². The van der Waals surface area contributed by atoms with Gasteiger partial charge < -0.3 is 0 Å². The van der Waals surface area contributed by atoms with Crippen molar-refractivity contribution in [2.75, 3.05) is 5.32 Å². The molecule has 125 valence electrons. The van der Waals surface area contributed by atoms with Gasteiger partial charge in [0.25, 0.3) is 0 Å². The number of nitrogens with zero attached hydrogens (tertiary/aromatic N) is 5. The molecule has 4 heterocycles. The van der Waals surface area contributed by atoms with Crippen molar-refractivity contribution in [1.29, 1.82) is 0 Å². The van der Waals surface area contributed by atoms with E-state index in [4.69, 9.17) is 3.07 Å². The van der Waals surface area contributed by atoms with E-state index < -0.39 is 21.9 Å². The molecule has 10 heteroatoms. The molecule has 0 aliphatic carbocycles. The van der Waals surface area contributed by atoms with E-state index in [1.807, 2.05) is 0 Å². The summed E-state index contributed by atoms with van der Waals surface area (Å²) in [5, 5.41) is 10.7. The summed E-state index contributed by atoms with van der Waals surface area (Å²) >= 11 is -0.986. The molecule has 1 amide bonds. The molecular formula is C13H7ILrN6O2-2. The van der Waals surface area contributed by atoms with Gasteiger partial charge in [-0.05, 0) is 0 Å². The van der Waals surface area contributed by atoms with Crippen molar-refractivity contribution in [1.82, 2.24) is 22.9 Å². The minimum absolute atomic E-state index is 0. The first kappa shape index (κ1) is 14.4. The summed E-state index contributed by atoms with van der Waals surface area (Å²) in [5.74, 6) is 0.936. The van der Waals surface area contributed by atoms with Crippen LogP contribution in [0.25, 0.3) is 11.5 Å². The number of anilines is 1. The second kappa shape index (κ2) is 5.67. The molecule has 3 aromatic rings. The van der Waals surface area contributed by atoms with Crippen molar-refractivity contribution < 1.29 is 29.8 Å². The molecule has 4 rings (SSSR count). The Hall–Kier alpha value is -3.56. The predicted octanol–water partition coefficient (Wildman–Crippen LogP) is -2.05. The van der Waals surface area contributed by atoms with E-state index in [0.717, 1.165) is 0 Å². The smallest absolute Gasteiger partial charge is 0 e. The van der Waals surface area contributed by atoms with Gasteiger partial charge in [-0.15, -0.1) is 0 Å². The van der Waals surface area contributed by atoms with Gasteiger partial charge in [0, 0.05) is 0 Å². The van der Waals surface area contributed by atoms with Gasteiger partial charge >= 0.3 is 136 Å². The van der Waals surface area contributed by atoms with Gasteiger partial charge in [0.2, 0.25) is 0 Å². The molecule has 1 aliphatic heterocycles. The molecule has 0 saturated carbocycles. The van der Waals surface area contributed by atoms with Crippen molar-refractivity contribution in [2.45, 2.75) is 0 Å². The number of aromatic nitrogens is 5. The molecule has 8 nitrogen and oxygen atoms in total. The van der Waals surface area contributed by atoms with Crippen molar-refractivity contribution in [3.8, 4) is 17.4 Å². The van der Waals surface area contributed by atoms with Gasteiger partial charge in [0.15, 0.2) is 0 Å². The Morgan fingerprint density at radius 2 is 2.26 bits per heavy atom. The molecule has 1 N–H and O–H groups in total. The van der Waals surface area contributed by atoms with E-state index in [1.54, 1.807) is 27.3 Å². The Kier molecular flexibility index (Phi) is 3.55. The minimum Gasteiger partial charge on any atom is 0 e. The van der Waals surface area contributed by atoms with Crippen molar-refractivity contribution in [3.05, 3.63) is 48.4 Å². The van der Waals surface area contributed by atoms with Crippen LogP contribution in [0.15, 0.2) is 36.8 Å². The SMILES string of the molecule is O=C1Nc2cccc(n2)-c2nncn2[I-]Oc2nc[c-]cc21.[Lr]. The van der Waals surface area contributed by atoms with E-state index in [0.29, 0.717) is 22.9 Å². The zero-order valence-corrected chi connectivity index (χ0v) is 15.5. The van der Waals surface area contributed by atoms with Crippen LogP contribution in [0, 0.1) is 6.07 Å². The number of carbonyl (C=O) groups excluding carboxylic acids is 1. The predicted molar refractivity (Wildman–Crippen MR) is 70.3 cm³/mol. The molecule has 0 atom stereocenters. The number of hydrogen-bond acceptors (Lipinski definition) is 6. The molecule has 0 saturated heterocycles. The first-order chi connectivity index (χ1) is 10.8. The van der Waals surface area contributed by atoms with Gasteiger partial charge in [-0.3, -0.25) is 0 Å². The average Bonchev–Trinajstić information content (AvgIpc) is 3.01. The Balaban J connectivity index is 0.00000156. The molecular weight excluding hydrogens is 661 g/mol. The summed E-state index contributed by atoms with van der Waals surface area (Å²) in [7, 11) is 0. The molecule has 0 aromatic carbocycles. The quantitative estimate of drug-likeness (QED) is 0.219. The maximum absolute atomic E-state index is 12.3. The summed E-state index contributed by atoms with van der Waals surface area (Å²) in [4.78, 5) is 20.8. The van der Waals surface area contributed by atoms with Gasteiger partial charge in [-0.25, -0.2) is 0 Å². The second-order valence-corrected chi connectivity index (χ2v) is 6.14. The van der Waals surface area contributed by atoms with E-state index in [9.17, 15) is 4.79 Å². The number of fused-ring (bicyclic) bond motifs is 5. The maximum atomic E-state index is 12.3. The molecule has 0 unspecified atom stereocenters. The number of halogens is 1. The van der Waals surface area contributed by atoms with Gasteiger partial charge in [0.05, 0.1) is 0 Å². The summed E-state index contributed by atoms with van der Waals surface area (Å²) < 4.78 is 7.52. The fraction of sp³-hybridized carbons (Fsp3) is 0. The van der Waals surface area contributed by atoms with Crippen LogP contribution in [0.4, 0.5) is 5.82 Å². The van der Waals surface area contributed by atoms with E-state index >= 15 is 0 Å². The van der Waals surface area contributed by atoms with E-state index in [2.05, 4.69) is 31.5 Å². The number of rotatable bonds is 0. The third-order valence-corrected chi connectivity index (χ3v) is 4.61. The zero-order valence-electron chi connectivity index (χ0n) is 11.2. The second-order valence-electron chi connectivity index (χ2n) is 4.26. The van der Waals surface area contributed by atoms with Crippen LogP contribution in [-0.4, -0.2) is 28.9 Å². The van der Waals surface area contributed by atoms with Crippen molar-refractivity contribution in [3.63, 3.8) is 0 Å². The molecule has 3 aromatic heterocycles. The standard InChI is InChI=1S/C13H7IN6O2.Lr/c21-12-8-3-2-6-15-13(8)22-14-20-7-16-19-11(20)9-4-1-5-10(17-9)18-12;/h1,3-7H,(H,17,18,21);/q-2;. The monoisotopic (exact) mass is 668 g/mol. The van der Waals surface area contributed by atoms with Crippen LogP contribution in [0.2, 0.25) is 0 Å². The summed E-state index contributed by atoms with van der Waals surface area (Å²) in [5.41, 5.74) is 0.926. The van der Waals surface area contributed by atoms with E-state index in [1.165, 1.54) is 12.3 Å². The van der Waals surface area contributed by atoms with Crippen LogP contribution >= 0.6 is 0 Å². The topological polar surface area (TPSA) is 94.8 Å².